The van der Waals surface area contributed by atoms with E-state index < -0.39 is 0 Å². The Morgan fingerprint density at radius 3 is 2.17 bits per heavy atom. The average Bonchev–Trinajstić information content (AvgIpc) is 2.07. The summed E-state index contributed by atoms with van der Waals surface area (Å²) in [5, 5.41) is 3.25. The number of benzene rings is 1. The van der Waals surface area contributed by atoms with E-state index >= 15 is 0 Å². The Bertz CT molecular complexity index is 246. The first-order valence-electron chi connectivity index (χ1n) is 3.72. The van der Waals surface area contributed by atoms with Crippen molar-refractivity contribution < 1.29 is 4.79 Å². The standard InChI is InChI=1S/C9H12N2O/c1-10(2)11(8-12)9-6-4-3-5-7-9/h3-8H,1-2H3. The Morgan fingerprint density at radius 2 is 1.75 bits per heavy atom. The van der Waals surface area contributed by atoms with Crippen molar-refractivity contribution in [1.82, 2.24) is 5.01 Å². The molecule has 0 aliphatic heterocycles. The number of amides is 1. The van der Waals surface area contributed by atoms with Crippen LogP contribution in [0.5, 0.6) is 0 Å². The highest BCUT2D eigenvalue weighted by Crippen LogP contribution is 2.11. The van der Waals surface area contributed by atoms with Gasteiger partial charge >= 0.3 is 0 Å². The molecule has 0 heterocycles. The van der Waals surface area contributed by atoms with E-state index in [2.05, 4.69) is 0 Å². The molecule has 0 fully saturated rings. The molecule has 1 aromatic carbocycles. The number of carbonyl (C=O) groups excluding carboxylic acids is 1. The number of hydrogen-bond acceptors (Lipinski definition) is 2. The van der Waals surface area contributed by atoms with Crippen LogP contribution in [0.15, 0.2) is 30.3 Å². The molecule has 0 saturated carbocycles. The predicted octanol–water partition coefficient (Wildman–Crippen LogP) is 1.13. The largest absolute Gasteiger partial charge is 0.277 e. The first-order valence-corrected chi connectivity index (χ1v) is 3.72. The van der Waals surface area contributed by atoms with Crippen LogP contribution in [0.25, 0.3) is 0 Å². The monoisotopic (exact) mass is 164 g/mol. The zero-order valence-corrected chi connectivity index (χ0v) is 7.27. The maximum absolute atomic E-state index is 10.6. The van der Waals surface area contributed by atoms with E-state index in [4.69, 9.17) is 0 Å². The molecule has 1 amide bonds. The van der Waals surface area contributed by atoms with Gasteiger partial charge in [0, 0.05) is 14.1 Å². The predicted molar refractivity (Wildman–Crippen MR) is 48.7 cm³/mol. The van der Waals surface area contributed by atoms with Gasteiger partial charge in [0.25, 0.3) is 0 Å². The molecule has 3 heteroatoms. The molecule has 1 rings (SSSR count). The minimum Gasteiger partial charge on any atom is -0.277 e. The van der Waals surface area contributed by atoms with Crippen LogP contribution in [0.4, 0.5) is 5.69 Å². The average molecular weight is 164 g/mol. The molecular weight excluding hydrogens is 152 g/mol. The normalized spacial score (nSPS) is 9.92. The fourth-order valence-electron chi connectivity index (χ4n) is 0.967. The molecular formula is C9H12N2O. The third kappa shape index (κ3) is 1.83. The lowest BCUT2D eigenvalue weighted by Crippen LogP contribution is -2.35. The van der Waals surface area contributed by atoms with Crippen LogP contribution in [-0.4, -0.2) is 25.5 Å². The molecule has 0 spiro atoms. The third-order valence-electron chi connectivity index (χ3n) is 1.55. The Labute approximate surface area is 72.2 Å². The van der Waals surface area contributed by atoms with Crippen molar-refractivity contribution in [3.05, 3.63) is 30.3 Å². The Morgan fingerprint density at radius 1 is 1.17 bits per heavy atom. The van der Waals surface area contributed by atoms with Crippen molar-refractivity contribution in [2.45, 2.75) is 0 Å². The van der Waals surface area contributed by atoms with Gasteiger partial charge in [-0.1, -0.05) is 18.2 Å². The van der Waals surface area contributed by atoms with Gasteiger partial charge in [0.2, 0.25) is 6.41 Å². The van der Waals surface area contributed by atoms with Gasteiger partial charge in [-0.2, -0.15) is 0 Å². The second-order valence-corrected chi connectivity index (χ2v) is 2.63. The van der Waals surface area contributed by atoms with Crippen LogP contribution in [0.3, 0.4) is 0 Å². The lowest BCUT2D eigenvalue weighted by atomic mass is 10.3. The highest BCUT2D eigenvalue weighted by Gasteiger charge is 2.04. The van der Waals surface area contributed by atoms with Crippen molar-refractivity contribution in [2.24, 2.45) is 0 Å². The second kappa shape index (κ2) is 3.88. The van der Waals surface area contributed by atoms with E-state index in [1.807, 2.05) is 44.4 Å². The molecule has 0 atom stereocenters. The van der Waals surface area contributed by atoms with E-state index in [-0.39, 0.29) is 0 Å². The third-order valence-corrected chi connectivity index (χ3v) is 1.55. The summed E-state index contributed by atoms with van der Waals surface area (Å²) in [4.78, 5) is 10.6. The molecule has 0 unspecified atom stereocenters. The maximum atomic E-state index is 10.6. The van der Waals surface area contributed by atoms with Crippen LogP contribution in [-0.2, 0) is 4.79 Å². The van der Waals surface area contributed by atoms with E-state index in [1.54, 1.807) is 5.01 Å². The zero-order chi connectivity index (χ0) is 8.97. The molecule has 12 heavy (non-hydrogen) atoms. The van der Waals surface area contributed by atoms with Gasteiger partial charge in [-0.3, -0.25) is 4.79 Å². The molecule has 0 N–H and O–H groups in total. The Balaban J connectivity index is 2.88. The number of hydrogen-bond donors (Lipinski definition) is 0. The summed E-state index contributed by atoms with van der Waals surface area (Å²) in [5.74, 6) is 0. The highest BCUT2D eigenvalue weighted by atomic mass is 16.1. The Hall–Kier alpha value is -1.35. The molecule has 0 aliphatic carbocycles. The minimum atomic E-state index is 0.787. The van der Waals surface area contributed by atoms with Gasteiger partial charge in [-0.25, -0.2) is 10.0 Å². The van der Waals surface area contributed by atoms with Crippen LogP contribution in [0.1, 0.15) is 0 Å². The lowest BCUT2D eigenvalue weighted by Gasteiger charge is -2.23. The molecule has 0 saturated heterocycles. The number of nitrogens with zero attached hydrogens (tertiary/aromatic N) is 2. The SMILES string of the molecule is CN(C)N(C=O)c1ccccc1. The summed E-state index contributed by atoms with van der Waals surface area (Å²) in [6.07, 6.45) is 0.787. The van der Waals surface area contributed by atoms with E-state index in [9.17, 15) is 4.79 Å². The molecule has 0 bridgehead atoms. The van der Waals surface area contributed by atoms with Gasteiger partial charge < -0.3 is 0 Å². The topological polar surface area (TPSA) is 23.6 Å². The van der Waals surface area contributed by atoms with Crippen molar-refractivity contribution in [3.8, 4) is 0 Å². The molecule has 1 aromatic rings. The first-order chi connectivity index (χ1) is 5.75. The second-order valence-electron chi connectivity index (χ2n) is 2.63. The summed E-state index contributed by atoms with van der Waals surface area (Å²) in [6, 6.07) is 9.48. The Kier molecular flexibility index (Phi) is 2.82. The van der Waals surface area contributed by atoms with E-state index in [0.29, 0.717) is 0 Å². The molecule has 0 aliphatic rings. The van der Waals surface area contributed by atoms with Crippen LogP contribution in [0.2, 0.25) is 0 Å². The van der Waals surface area contributed by atoms with Crippen molar-refractivity contribution in [2.75, 3.05) is 19.1 Å². The quantitative estimate of drug-likeness (QED) is 0.494. The molecule has 64 valence electrons. The van der Waals surface area contributed by atoms with Crippen LogP contribution in [0, 0.1) is 0 Å². The van der Waals surface area contributed by atoms with Gasteiger partial charge in [-0.05, 0) is 12.1 Å². The van der Waals surface area contributed by atoms with Crippen molar-refractivity contribution in [3.63, 3.8) is 0 Å². The van der Waals surface area contributed by atoms with E-state index in [0.717, 1.165) is 12.1 Å². The number of carbonyl (C=O) groups is 1. The first kappa shape index (κ1) is 8.74. The number of para-hydroxylation sites is 1. The molecule has 0 radical (unpaired) electrons. The number of hydrazine groups is 1. The van der Waals surface area contributed by atoms with Gasteiger partial charge in [0.1, 0.15) is 0 Å². The fraction of sp³-hybridized carbons (Fsp3) is 0.222. The smallest absolute Gasteiger partial charge is 0.228 e. The molecule has 3 nitrogen and oxygen atoms in total. The van der Waals surface area contributed by atoms with Crippen molar-refractivity contribution in [1.29, 1.82) is 0 Å². The van der Waals surface area contributed by atoms with Gasteiger partial charge in [0.05, 0.1) is 5.69 Å². The zero-order valence-electron chi connectivity index (χ0n) is 7.27. The van der Waals surface area contributed by atoms with Crippen molar-refractivity contribution >= 4 is 12.1 Å². The van der Waals surface area contributed by atoms with Gasteiger partial charge in [-0.15, -0.1) is 0 Å². The van der Waals surface area contributed by atoms with Crippen LogP contribution < -0.4 is 5.01 Å². The summed E-state index contributed by atoms with van der Waals surface area (Å²) in [7, 11) is 3.64. The lowest BCUT2D eigenvalue weighted by molar-refractivity contribution is -0.109. The van der Waals surface area contributed by atoms with Gasteiger partial charge in [0.15, 0.2) is 0 Å². The highest BCUT2D eigenvalue weighted by molar-refractivity contribution is 5.73. The van der Waals surface area contributed by atoms with Crippen LogP contribution >= 0.6 is 0 Å². The van der Waals surface area contributed by atoms with E-state index in [1.165, 1.54) is 5.01 Å². The number of rotatable bonds is 3. The summed E-state index contributed by atoms with van der Waals surface area (Å²) >= 11 is 0. The minimum absolute atomic E-state index is 0.787. The summed E-state index contributed by atoms with van der Waals surface area (Å²) in [5.41, 5.74) is 0.873. The summed E-state index contributed by atoms with van der Waals surface area (Å²) in [6.45, 7) is 0. The molecule has 0 aromatic heterocycles. The summed E-state index contributed by atoms with van der Waals surface area (Å²) < 4.78 is 0. The maximum Gasteiger partial charge on any atom is 0.228 e. The fourth-order valence-corrected chi connectivity index (χ4v) is 0.967. The number of anilines is 1.